The quantitative estimate of drug-likeness (QED) is 0.854. The van der Waals surface area contributed by atoms with Crippen molar-refractivity contribution in [1.82, 2.24) is 9.97 Å². The molecule has 0 atom stereocenters. The molecule has 0 aliphatic carbocycles. The summed E-state index contributed by atoms with van der Waals surface area (Å²) >= 11 is 0. The Morgan fingerprint density at radius 1 is 1.12 bits per heavy atom. The summed E-state index contributed by atoms with van der Waals surface area (Å²) in [6, 6.07) is 7.88. The van der Waals surface area contributed by atoms with Crippen molar-refractivity contribution in [2.45, 2.75) is 6.42 Å². The molecule has 0 aliphatic rings. The molecule has 4 heteroatoms. The normalized spacial score (nSPS) is 10.4. The molecule has 1 aromatic heterocycles. The van der Waals surface area contributed by atoms with Crippen LogP contribution in [0.2, 0.25) is 0 Å². The zero-order chi connectivity index (χ0) is 11.4. The second-order valence-electron chi connectivity index (χ2n) is 3.34. The first-order valence-corrected chi connectivity index (χ1v) is 4.98. The molecule has 0 amide bonds. The van der Waals surface area contributed by atoms with Crippen molar-refractivity contribution in [2.24, 2.45) is 0 Å². The SMILES string of the molecule is OCCc1nccc(-c2ccc(F)cc2)n1. The van der Waals surface area contributed by atoms with E-state index in [1.54, 1.807) is 24.4 Å². The summed E-state index contributed by atoms with van der Waals surface area (Å²) in [7, 11) is 0. The van der Waals surface area contributed by atoms with Gasteiger partial charge in [0.15, 0.2) is 0 Å². The largest absolute Gasteiger partial charge is 0.396 e. The standard InChI is InChI=1S/C12H11FN2O/c13-10-3-1-9(2-4-10)11-5-7-14-12(15-11)6-8-16/h1-5,7,16H,6,8H2. The van der Waals surface area contributed by atoms with Crippen molar-refractivity contribution in [3.8, 4) is 11.3 Å². The van der Waals surface area contributed by atoms with E-state index < -0.39 is 0 Å². The second kappa shape index (κ2) is 4.81. The Bertz CT molecular complexity index is 471. The van der Waals surface area contributed by atoms with E-state index in [0.717, 1.165) is 11.3 Å². The van der Waals surface area contributed by atoms with Gasteiger partial charge >= 0.3 is 0 Å². The van der Waals surface area contributed by atoms with Gasteiger partial charge in [-0.2, -0.15) is 0 Å². The molecule has 1 aromatic carbocycles. The minimum Gasteiger partial charge on any atom is -0.396 e. The third-order valence-corrected chi connectivity index (χ3v) is 2.18. The van der Waals surface area contributed by atoms with E-state index in [4.69, 9.17) is 5.11 Å². The lowest BCUT2D eigenvalue weighted by atomic mass is 10.1. The number of nitrogens with zero attached hydrogens (tertiary/aromatic N) is 2. The summed E-state index contributed by atoms with van der Waals surface area (Å²) in [6.07, 6.45) is 2.06. The highest BCUT2D eigenvalue weighted by atomic mass is 19.1. The average molecular weight is 218 g/mol. The smallest absolute Gasteiger partial charge is 0.131 e. The van der Waals surface area contributed by atoms with Crippen molar-refractivity contribution >= 4 is 0 Å². The van der Waals surface area contributed by atoms with Crippen LogP contribution in [0.4, 0.5) is 4.39 Å². The van der Waals surface area contributed by atoms with E-state index >= 15 is 0 Å². The zero-order valence-electron chi connectivity index (χ0n) is 8.60. The van der Waals surface area contributed by atoms with Gasteiger partial charge in [0.2, 0.25) is 0 Å². The van der Waals surface area contributed by atoms with Gasteiger partial charge in [0, 0.05) is 18.2 Å². The first-order chi connectivity index (χ1) is 7.79. The molecule has 1 N–H and O–H groups in total. The van der Waals surface area contributed by atoms with Gasteiger partial charge in [-0.25, -0.2) is 14.4 Å². The van der Waals surface area contributed by atoms with Gasteiger partial charge < -0.3 is 5.11 Å². The molecule has 1 heterocycles. The van der Waals surface area contributed by atoms with Crippen LogP contribution in [-0.4, -0.2) is 21.7 Å². The Kier molecular flexibility index (Phi) is 3.22. The van der Waals surface area contributed by atoms with Crippen LogP contribution >= 0.6 is 0 Å². The Morgan fingerprint density at radius 2 is 1.88 bits per heavy atom. The predicted molar refractivity (Wildman–Crippen MR) is 58.2 cm³/mol. The van der Waals surface area contributed by atoms with Gasteiger partial charge in [-0.1, -0.05) is 0 Å². The van der Waals surface area contributed by atoms with Crippen LogP contribution in [0.5, 0.6) is 0 Å². The molecule has 3 nitrogen and oxygen atoms in total. The fourth-order valence-corrected chi connectivity index (χ4v) is 1.40. The van der Waals surface area contributed by atoms with Crippen LogP contribution in [0.1, 0.15) is 5.82 Å². The molecule has 0 aliphatic heterocycles. The van der Waals surface area contributed by atoms with Gasteiger partial charge in [-0.3, -0.25) is 0 Å². The summed E-state index contributed by atoms with van der Waals surface area (Å²) in [5, 5.41) is 8.79. The molecule has 16 heavy (non-hydrogen) atoms. The topological polar surface area (TPSA) is 46.0 Å². The predicted octanol–water partition coefficient (Wildman–Crippen LogP) is 1.82. The van der Waals surface area contributed by atoms with Gasteiger partial charge in [0.1, 0.15) is 11.6 Å². The van der Waals surface area contributed by atoms with Crippen molar-refractivity contribution in [3.63, 3.8) is 0 Å². The fourth-order valence-electron chi connectivity index (χ4n) is 1.40. The zero-order valence-corrected chi connectivity index (χ0v) is 8.60. The first kappa shape index (κ1) is 10.7. The molecule has 2 aromatic rings. The molecule has 0 spiro atoms. The van der Waals surface area contributed by atoms with E-state index in [2.05, 4.69) is 9.97 Å². The number of benzene rings is 1. The lowest BCUT2D eigenvalue weighted by Gasteiger charge is -2.02. The summed E-state index contributed by atoms with van der Waals surface area (Å²) in [4.78, 5) is 8.30. The van der Waals surface area contributed by atoms with E-state index in [0.29, 0.717) is 12.2 Å². The summed E-state index contributed by atoms with van der Waals surface area (Å²) in [5.41, 5.74) is 1.57. The number of halogens is 1. The van der Waals surface area contributed by atoms with Crippen molar-refractivity contribution in [2.75, 3.05) is 6.61 Å². The third kappa shape index (κ3) is 2.41. The number of aliphatic hydroxyl groups excluding tert-OH is 1. The highest BCUT2D eigenvalue weighted by Gasteiger charge is 2.02. The lowest BCUT2D eigenvalue weighted by Crippen LogP contribution is -1.99. The molecule has 0 bridgehead atoms. The third-order valence-electron chi connectivity index (χ3n) is 2.18. The van der Waals surface area contributed by atoms with E-state index in [1.165, 1.54) is 12.1 Å². The molecule has 0 fully saturated rings. The Labute approximate surface area is 92.6 Å². The Hall–Kier alpha value is -1.81. The number of aliphatic hydroxyl groups is 1. The molecule has 2 rings (SSSR count). The van der Waals surface area contributed by atoms with Gasteiger partial charge in [-0.15, -0.1) is 0 Å². The van der Waals surface area contributed by atoms with Crippen LogP contribution in [0, 0.1) is 5.82 Å². The lowest BCUT2D eigenvalue weighted by molar-refractivity contribution is 0.296. The summed E-state index contributed by atoms with van der Waals surface area (Å²) in [6.45, 7) is 0.0207. The maximum Gasteiger partial charge on any atom is 0.131 e. The minimum absolute atomic E-state index is 0.0207. The summed E-state index contributed by atoms with van der Waals surface area (Å²) in [5.74, 6) is 0.317. The van der Waals surface area contributed by atoms with E-state index in [1.807, 2.05) is 0 Å². The van der Waals surface area contributed by atoms with Crippen molar-refractivity contribution < 1.29 is 9.50 Å². The monoisotopic (exact) mass is 218 g/mol. The Balaban J connectivity index is 2.32. The Morgan fingerprint density at radius 3 is 2.56 bits per heavy atom. The number of rotatable bonds is 3. The number of aromatic nitrogens is 2. The molecule has 0 saturated heterocycles. The van der Waals surface area contributed by atoms with Crippen LogP contribution in [0.3, 0.4) is 0 Å². The molecular weight excluding hydrogens is 207 g/mol. The minimum atomic E-state index is -0.270. The van der Waals surface area contributed by atoms with Gasteiger partial charge in [0.25, 0.3) is 0 Å². The van der Waals surface area contributed by atoms with Crippen molar-refractivity contribution in [1.29, 1.82) is 0 Å². The fraction of sp³-hybridized carbons (Fsp3) is 0.167. The van der Waals surface area contributed by atoms with E-state index in [9.17, 15) is 4.39 Å². The maximum absolute atomic E-state index is 12.7. The van der Waals surface area contributed by atoms with Crippen molar-refractivity contribution in [3.05, 3.63) is 48.2 Å². The average Bonchev–Trinajstić information content (AvgIpc) is 2.31. The number of hydrogen-bond acceptors (Lipinski definition) is 3. The van der Waals surface area contributed by atoms with Gasteiger partial charge in [-0.05, 0) is 30.3 Å². The van der Waals surface area contributed by atoms with E-state index in [-0.39, 0.29) is 12.4 Å². The van der Waals surface area contributed by atoms with Crippen LogP contribution in [-0.2, 0) is 6.42 Å². The molecule has 0 radical (unpaired) electrons. The molecular formula is C12H11FN2O. The van der Waals surface area contributed by atoms with Gasteiger partial charge in [0.05, 0.1) is 12.3 Å². The summed E-state index contributed by atoms with van der Waals surface area (Å²) < 4.78 is 12.7. The van der Waals surface area contributed by atoms with Crippen LogP contribution in [0.25, 0.3) is 11.3 Å². The molecule has 0 saturated carbocycles. The highest BCUT2D eigenvalue weighted by molar-refractivity contribution is 5.58. The highest BCUT2D eigenvalue weighted by Crippen LogP contribution is 2.16. The maximum atomic E-state index is 12.7. The second-order valence-corrected chi connectivity index (χ2v) is 3.34. The molecule has 0 unspecified atom stereocenters. The molecule has 82 valence electrons. The van der Waals surface area contributed by atoms with Crippen LogP contribution in [0.15, 0.2) is 36.5 Å². The first-order valence-electron chi connectivity index (χ1n) is 4.98. The van der Waals surface area contributed by atoms with Crippen LogP contribution < -0.4 is 0 Å². The number of hydrogen-bond donors (Lipinski definition) is 1.